The first kappa shape index (κ1) is 23.7. The molecule has 3 N–H and O–H groups in total. The Kier molecular flexibility index (Phi) is 10.1. The van der Waals surface area contributed by atoms with Crippen molar-refractivity contribution in [2.24, 2.45) is 0 Å². The molecular weight excluding hydrogens is 400 g/mol. The minimum Gasteiger partial charge on any atom is -0.486 e. The molecule has 30 heavy (non-hydrogen) atoms. The van der Waals surface area contributed by atoms with Crippen LogP contribution in [0.3, 0.4) is 0 Å². The van der Waals surface area contributed by atoms with Crippen LogP contribution in [-0.2, 0) is 6.61 Å². The van der Waals surface area contributed by atoms with E-state index in [0.29, 0.717) is 44.3 Å². The highest BCUT2D eigenvalue weighted by molar-refractivity contribution is 7.09. The number of aromatic nitrogens is 1. The quantitative estimate of drug-likeness (QED) is 0.441. The van der Waals surface area contributed by atoms with Gasteiger partial charge < -0.3 is 20.7 Å². The van der Waals surface area contributed by atoms with Crippen LogP contribution in [0.4, 0.5) is 4.79 Å². The van der Waals surface area contributed by atoms with Crippen molar-refractivity contribution in [3.8, 4) is 5.75 Å². The normalized spacial score (nSPS) is 10.7. The molecule has 1 heterocycles. The van der Waals surface area contributed by atoms with E-state index in [-0.39, 0.29) is 11.9 Å². The summed E-state index contributed by atoms with van der Waals surface area (Å²) < 4.78 is 5.76. The topological polar surface area (TPSA) is 92.4 Å². The molecule has 7 nitrogen and oxygen atoms in total. The number of hydrogen-bond acceptors (Lipinski definition) is 5. The Balaban J connectivity index is 1.65. The van der Waals surface area contributed by atoms with E-state index < -0.39 is 0 Å². The molecule has 2 rings (SSSR count). The molecule has 0 saturated carbocycles. The second-order valence-corrected chi connectivity index (χ2v) is 8.23. The molecule has 0 bridgehead atoms. The molecule has 0 fully saturated rings. The number of urea groups is 1. The maximum atomic E-state index is 12.2. The monoisotopic (exact) mass is 432 g/mol. The minimum absolute atomic E-state index is 0.169. The predicted octanol–water partition coefficient (Wildman–Crippen LogP) is 4.06. The van der Waals surface area contributed by atoms with Gasteiger partial charge in [0, 0.05) is 25.0 Å². The van der Waals surface area contributed by atoms with Crippen LogP contribution < -0.4 is 20.7 Å². The van der Waals surface area contributed by atoms with E-state index in [4.69, 9.17) is 4.74 Å². The van der Waals surface area contributed by atoms with Crippen LogP contribution in [0.15, 0.2) is 29.6 Å². The number of rotatable bonds is 12. The number of unbranched alkanes of at least 4 members (excludes halogenated alkanes) is 1. The zero-order valence-electron chi connectivity index (χ0n) is 18.0. The fourth-order valence-electron chi connectivity index (χ4n) is 2.60. The van der Waals surface area contributed by atoms with E-state index >= 15 is 0 Å². The van der Waals surface area contributed by atoms with Gasteiger partial charge in [0.1, 0.15) is 23.1 Å². The van der Waals surface area contributed by atoms with Crippen LogP contribution >= 0.6 is 11.3 Å². The third-order valence-corrected chi connectivity index (χ3v) is 5.26. The number of carbonyl (C=O) groups is 2. The smallest absolute Gasteiger partial charge is 0.314 e. The number of amides is 3. The summed E-state index contributed by atoms with van der Waals surface area (Å²) >= 11 is 1.40. The van der Waals surface area contributed by atoms with E-state index in [9.17, 15) is 9.59 Å². The van der Waals surface area contributed by atoms with Crippen molar-refractivity contribution >= 4 is 23.3 Å². The molecule has 164 valence electrons. The highest BCUT2D eigenvalue weighted by atomic mass is 32.1. The van der Waals surface area contributed by atoms with E-state index in [1.807, 2.05) is 12.1 Å². The Morgan fingerprint density at radius 1 is 1.03 bits per heavy atom. The SMILES string of the molecule is CCCCNC(=O)NCCCNC(=O)c1csc(COc2ccc(C(C)C)cc2)n1. The number of ether oxygens (including phenoxy) is 1. The fourth-order valence-corrected chi connectivity index (χ4v) is 3.28. The molecule has 1 aromatic carbocycles. The second kappa shape index (κ2) is 12.8. The van der Waals surface area contributed by atoms with Gasteiger partial charge in [-0.1, -0.05) is 39.3 Å². The van der Waals surface area contributed by atoms with Crippen LogP contribution in [0, 0.1) is 0 Å². The average Bonchev–Trinajstić information content (AvgIpc) is 3.21. The van der Waals surface area contributed by atoms with Crippen molar-refractivity contribution in [2.45, 2.75) is 52.6 Å². The number of carbonyl (C=O) groups excluding carboxylic acids is 2. The van der Waals surface area contributed by atoms with Crippen LogP contribution in [0.2, 0.25) is 0 Å². The molecule has 8 heteroatoms. The molecule has 0 radical (unpaired) electrons. The zero-order valence-corrected chi connectivity index (χ0v) is 18.8. The molecule has 0 aliphatic heterocycles. The zero-order chi connectivity index (χ0) is 21.8. The average molecular weight is 433 g/mol. The van der Waals surface area contributed by atoms with Crippen molar-refractivity contribution in [3.63, 3.8) is 0 Å². The van der Waals surface area contributed by atoms with Crippen molar-refractivity contribution < 1.29 is 14.3 Å². The van der Waals surface area contributed by atoms with E-state index in [1.165, 1.54) is 16.9 Å². The third-order valence-electron chi connectivity index (χ3n) is 4.43. The summed E-state index contributed by atoms with van der Waals surface area (Å²) in [4.78, 5) is 28.1. The van der Waals surface area contributed by atoms with Crippen LogP contribution in [0.5, 0.6) is 5.75 Å². The molecule has 0 atom stereocenters. The first-order chi connectivity index (χ1) is 14.5. The van der Waals surface area contributed by atoms with Crippen molar-refractivity contribution in [1.29, 1.82) is 0 Å². The van der Waals surface area contributed by atoms with Gasteiger partial charge in [0.05, 0.1) is 0 Å². The van der Waals surface area contributed by atoms with Gasteiger partial charge in [-0.3, -0.25) is 4.79 Å². The van der Waals surface area contributed by atoms with E-state index in [0.717, 1.165) is 23.6 Å². The predicted molar refractivity (Wildman–Crippen MR) is 120 cm³/mol. The summed E-state index contributed by atoms with van der Waals surface area (Å²) in [6.07, 6.45) is 2.66. The minimum atomic E-state index is -0.216. The Hall–Kier alpha value is -2.61. The Bertz CT molecular complexity index is 790. The lowest BCUT2D eigenvalue weighted by molar-refractivity contribution is 0.0948. The number of nitrogens with one attached hydrogen (secondary N) is 3. The van der Waals surface area contributed by atoms with Crippen molar-refractivity contribution in [1.82, 2.24) is 20.9 Å². The number of nitrogens with zero attached hydrogens (tertiary/aromatic N) is 1. The second-order valence-electron chi connectivity index (χ2n) is 7.28. The molecule has 3 amide bonds. The molecule has 0 unspecified atom stereocenters. The van der Waals surface area contributed by atoms with Crippen LogP contribution in [0.1, 0.15) is 67.0 Å². The van der Waals surface area contributed by atoms with E-state index in [1.54, 1.807) is 5.38 Å². The van der Waals surface area contributed by atoms with E-state index in [2.05, 4.69) is 53.8 Å². The highest BCUT2D eigenvalue weighted by Gasteiger charge is 2.11. The van der Waals surface area contributed by atoms with Crippen molar-refractivity contribution in [3.05, 3.63) is 45.9 Å². The molecule has 0 aliphatic carbocycles. The maximum absolute atomic E-state index is 12.2. The first-order valence-corrected chi connectivity index (χ1v) is 11.3. The lowest BCUT2D eigenvalue weighted by Crippen LogP contribution is -2.37. The number of benzene rings is 1. The summed E-state index contributed by atoms with van der Waals surface area (Å²) in [7, 11) is 0. The fraction of sp³-hybridized carbons (Fsp3) is 0.500. The lowest BCUT2D eigenvalue weighted by Gasteiger charge is -2.08. The van der Waals surface area contributed by atoms with Crippen LogP contribution in [-0.4, -0.2) is 36.6 Å². The summed E-state index contributed by atoms with van der Waals surface area (Å²) in [6, 6.07) is 7.86. The Morgan fingerprint density at radius 2 is 1.70 bits per heavy atom. The van der Waals surface area contributed by atoms with Crippen molar-refractivity contribution in [2.75, 3.05) is 19.6 Å². The molecular formula is C22H32N4O3S. The summed E-state index contributed by atoms with van der Waals surface area (Å²) in [6.45, 7) is 8.36. The first-order valence-electron chi connectivity index (χ1n) is 10.5. The number of thiazole rings is 1. The van der Waals surface area contributed by atoms with Gasteiger partial charge in [-0.15, -0.1) is 11.3 Å². The van der Waals surface area contributed by atoms with Gasteiger partial charge >= 0.3 is 6.03 Å². The molecule has 1 aromatic heterocycles. The summed E-state index contributed by atoms with van der Waals surface area (Å²) in [5.74, 6) is 1.05. The van der Waals surface area contributed by atoms with Gasteiger partial charge in [-0.05, 0) is 36.5 Å². The summed E-state index contributed by atoms with van der Waals surface area (Å²) in [5, 5.41) is 10.9. The van der Waals surface area contributed by atoms with Gasteiger partial charge in [-0.25, -0.2) is 9.78 Å². The lowest BCUT2D eigenvalue weighted by atomic mass is 10.0. The van der Waals surface area contributed by atoms with Crippen LogP contribution in [0.25, 0.3) is 0 Å². The maximum Gasteiger partial charge on any atom is 0.314 e. The van der Waals surface area contributed by atoms with Gasteiger partial charge in [0.2, 0.25) is 0 Å². The van der Waals surface area contributed by atoms with Gasteiger partial charge in [0.15, 0.2) is 0 Å². The Labute approximate surface area is 182 Å². The molecule has 0 saturated heterocycles. The van der Waals surface area contributed by atoms with Gasteiger partial charge in [-0.2, -0.15) is 0 Å². The molecule has 0 aliphatic rings. The largest absolute Gasteiger partial charge is 0.486 e. The summed E-state index contributed by atoms with van der Waals surface area (Å²) in [5.41, 5.74) is 1.65. The van der Waals surface area contributed by atoms with Gasteiger partial charge in [0.25, 0.3) is 5.91 Å². The molecule has 0 spiro atoms. The number of hydrogen-bond donors (Lipinski definition) is 3. The highest BCUT2D eigenvalue weighted by Crippen LogP contribution is 2.20. The molecule has 2 aromatic rings. The Morgan fingerprint density at radius 3 is 2.37 bits per heavy atom. The standard InChI is InChI=1S/C22H32N4O3S/c1-4-5-11-24-22(28)25-13-6-12-23-21(27)19-15-30-20(26-19)14-29-18-9-7-17(8-10-18)16(2)3/h7-10,15-16H,4-6,11-14H2,1-3H3,(H,23,27)(H2,24,25,28). The third kappa shape index (κ3) is 8.41.